The largest absolute Gasteiger partial charge is 0.478 e. The summed E-state index contributed by atoms with van der Waals surface area (Å²) < 4.78 is 24.0. The summed E-state index contributed by atoms with van der Waals surface area (Å²) in [6.07, 6.45) is 3.70. The van der Waals surface area contributed by atoms with Crippen molar-refractivity contribution in [1.29, 1.82) is 0 Å². The number of likely N-dealkylation sites (tertiary alicyclic amines) is 1. The van der Waals surface area contributed by atoms with Gasteiger partial charge in [-0.25, -0.2) is 18.0 Å². The number of carboxylic acid groups (broad SMARTS) is 2. The van der Waals surface area contributed by atoms with Gasteiger partial charge in [-0.1, -0.05) is 18.2 Å². The Morgan fingerprint density at radius 2 is 1.56 bits per heavy atom. The van der Waals surface area contributed by atoms with Crippen molar-refractivity contribution in [2.45, 2.75) is 17.7 Å². The van der Waals surface area contributed by atoms with Crippen LogP contribution in [0.3, 0.4) is 0 Å². The molecule has 1 aliphatic rings. The van der Waals surface area contributed by atoms with E-state index in [2.05, 4.69) is 10.2 Å². The van der Waals surface area contributed by atoms with E-state index in [1.54, 1.807) is 24.3 Å². The molecule has 27 heavy (non-hydrogen) atoms. The monoisotopic (exact) mass is 398 g/mol. The fraction of sp³-hybridized carbons (Fsp3) is 0.444. The van der Waals surface area contributed by atoms with Crippen molar-refractivity contribution in [2.24, 2.45) is 0 Å². The second-order valence-corrected chi connectivity index (χ2v) is 8.05. The molecule has 0 spiro atoms. The van der Waals surface area contributed by atoms with Crippen LogP contribution in [0.5, 0.6) is 0 Å². The molecule has 0 aromatic heterocycles. The fourth-order valence-corrected chi connectivity index (χ4v) is 3.68. The molecule has 0 bridgehead atoms. The second-order valence-electron chi connectivity index (χ2n) is 5.94. The van der Waals surface area contributed by atoms with E-state index >= 15 is 0 Å². The van der Waals surface area contributed by atoms with Crippen LogP contribution < -0.4 is 5.32 Å². The van der Waals surface area contributed by atoms with Gasteiger partial charge in [-0.2, -0.15) is 0 Å². The molecule has 1 fully saturated rings. The van der Waals surface area contributed by atoms with Crippen LogP contribution in [-0.2, 0) is 19.4 Å². The van der Waals surface area contributed by atoms with Crippen LogP contribution in [0.15, 0.2) is 47.4 Å². The molecule has 0 radical (unpaired) electrons. The van der Waals surface area contributed by atoms with Crippen LogP contribution in [0, 0.1) is 0 Å². The van der Waals surface area contributed by atoms with Gasteiger partial charge >= 0.3 is 11.9 Å². The minimum atomic E-state index is -3.14. The van der Waals surface area contributed by atoms with Gasteiger partial charge in [0, 0.05) is 31.8 Å². The molecule has 0 aliphatic carbocycles. The topological polar surface area (TPSA) is 124 Å². The average Bonchev–Trinajstić information content (AvgIpc) is 3.14. The molecule has 1 aromatic carbocycles. The SMILES string of the molecule is O=C(O)C=CC(=O)O.O=S(=O)(CCNCCN1CCCC1)c1ccccc1. The molecular weight excluding hydrogens is 372 g/mol. The van der Waals surface area contributed by atoms with Crippen molar-refractivity contribution >= 4 is 21.8 Å². The molecule has 1 aromatic rings. The summed E-state index contributed by atoms with van der Waals surface area (Å²) in [5.41, 5.74) is 0. The van der Waals surface area contributed by atoms with E-state index in [4.69, 9.17) is 10.2 Å². The minimum absolute atomic E-state index is 0.164. The third kappa shape index (κ3) is 10.5. The number of aliphatic carboxylic acids is 2. The standard InChI is InChI=1S/C14H22N2O2S.C4H4O4/c17-19(18,14-6-2-1-3-7-14)13-9-15-8-12-16-10-4-5-11-16;5-3(6)1-2-4(7)8/h1-3,6-7,15H,4-5,8-13H2;1-2H,(H,5,6)(H,7,8). The third-order valence-corrected chi connectivity index (χ3v) is 5.55. The van der Waals surface area contributed by atoms with Crippen molar-refractivity contribution in [3.63, 3.8) is 0 Å². The summed E-state index contributed by atoms with van der Waals surface area (Å²) in [6, 6.07) is 8.65. The van der Waals surface area contributed by atoms with Gasteiger partial charge in [0.1, 0.15) is 0 Å². The molecule has 0 atom stereocenters. The molecule has 0 saturated carbocycles. The molecule has 8 nitrogen and oxygen atoms in total. The Bertz CT molecular complexity index is 697. The Labute approximate surface area is 159 Å². The molecule has 0 amide bonds. The number of carboxylic acids is 2. The highest BCUT2D eigenvalue weighted by Crippen LogP contribution is 2.09. The number of nitrogens with one attached hydrogen (secondary N) is 1. The lowest BCUT2D eigenvalue weighted by Crippen LogP contribution is -2.32. The highest BCUT2D eigenvalue weighted by atomic mass is 32.2. The lowest BCUT2D eigenvalue weighted by atomic mass is 10.4. The van der Waals surface area contributed by atoms with Gasteiger partial charge < -0.3 is 20.4 Å². The van der Waals surface area contributed by atoms with Crippen LogP contribution in [0.4, 0.5) is 0 Å². The summed E-state index contributed by atoms with van der Waals surface area (Å²) >= 11 is 0. The van der Waals surface area contributed by atoms with Crippen LogP contribution in [-0.4, -0.2) is 73.9 Å². The predicted octanol–water partition coefficient (Wildman–Crippen LogP) is 0.858. The average molecular weight is 398 g/mol. The number of hydrogen-bond donors (Lipinski definition) is 3. The van der Waals surface area contributed by atoms with Crippen molar-refractivity contribution in [1.82, 2.24) is 10.2 Å². The smallest absolute Gasteiger partial charge is 0.328 e. The Morgan fingerprint density at radius 3 is 2.07 bits per heavy atom. The molecular formula is C18H26N2O6S. The molecule has 2 rings (SSSR count). The zero-order valence-corrected chi connectivity index (χ0v) is 15.9. The van der Waals surface area contributed by atoms with E-state index in [1.807, 2.05) is 6.07 Å². The van der Waals surface area contributed by atoms with Crippen LogP contribution in [0.25, 0.3) is 0 Å². The summed E-state index contributed by atoms with van der Waals surface area (Å²) in [4.78, 5) is 21.9. The quantitative estimate of drug-likeness (QED) is 0.413. The first kappa shape index (κ1) is 22.8. The number of benzene rings is 1. The van der Waals surface area contributed by atoms with Gasteiger partial charge in [0.15, 0.2) is 9.84 Å². The number of carbonyl (C=O) groups is 2. The van der Waals surface area contributed by atoms with Crippen molar-refractivity contribution in [3.8, 4) is 0 Å². The Hall–Kier alpha value is -2.23. The van der Waals surface area contributed by atoms with Gasteiger partial charge in [-0.3, -0.25) is 0 Å². The molecule has 150 valence electrons. The third-order valence-electron chi connectivity index (χ3n) is 3.82. The molecule has 1 aliphatic heterocycles. The molecule has 0 unspecified atom stereocenters. The summed E-state index contributed by atoms with van der Waals surface area (Å²) in [7, 11) is -3.14. The maximum atomic E-state index is 12.0. The van der Waals surface area contributed by atoms with Crippen LogP contribution >= 0.6 is 0 Å². The predicted molar refractivity (Wildman–Crippen MR) is 101 cm³/mol. The van der Waals surface area contributed by atoms with Gasteiger partial charge in [-0.05, 0) is 38.1 Å². The Kier molecular flexibility index (Phi) is 10.3. The first-order chi connectivity index (χ1) is 12.8. The summed E-state index contributed by atoms with van der Waals surface area (Å²) in [5.74, 6) is -2.35. The van der Waals surface area contributed by atoms with Crippen LogP contribution in [0.1, 0.15) is 12.8 Å². The second kappa shape index (κ2) is 12.2. The van der Waals surface area contributed by atoms with Crippen LogP contribution in [0.2, 0.25) is 0 Å². The zero-order chi connectivity index (χ0) is 20.1. The number of sulfone groups is 1. The number of hydrogen-bond acceptors (Lipinski definition) is 6. The number of nitrogens with zero attached hydrogens (tertiary/aromatic N) is 1. The van der Waals surface area contributed by atoms with Gasteiger partial charge in [-0.15, -0.1) is 0 Å². The van der Waals surface area contributed by atoms with Gasteiger partial charge in [0.05, 0.1) is 10.6 Å². The maximum Gasteiger partial charge on any atom is 0.328 e. The number of rotatable bonds is 9. The van der Waals surface area contributed by atoms with Crippen molar-refractivity contribution in [2.75, 3.05) is 38.5 Å². The highest BCUT2D eigenvalue weighted by molar-refractivity contribution is 7.91. The highest BCUT2D eigenvalue weighted by Gasteiger charge is 2.13. The summed E-state index contributed by atoms with van der Waals surface area (Å²) in [6.45, 7) is 4.77. The first-order valence-electron chi connectivity index (χ1n) is 8.66. The molecule has 9 heteroatoms. The van der Waals surface area contributed by atoms with E-state index in [1.165, 1.54) is 25.9 Å². The van der Waals surface area contributed by atoms with Crippen molar-refractivity contribution in [3.05, 3.63) is 42.5 Å². The Balaban J connectivity index is 0.000000387. The summed E-state index contributed by atoms with van der Waals surface area (Å²) in [5, 5.41) is 18.8. The van der Waals surface area contributed by atoms with Crippen molar-refractivity contribution < 1.29 is 28.2 Å². The van der Waals surface area contributed by atoms with Gasteiger partial charge in [0.2, 0.25) is 0 Å². The maximum absolute atomic E-state index is 12.0. The normalized spacial score (nSPS) is 14.7. The lowest BCUT2D eigenvalue weighted by molar-refractivity contribution is -0.134. The molecule has 1 heterocycles. The fourth-order valence-electron chi connectivity index (χ4n) is 2.46. The van der Waals surface area contributed by atoms with E-state index in [0.29, 0.717) is 23.6 Å². The molecule has 3 N–H and O–H groups in total. The first-order valence-corrected chi connectivity index (χ1v) is 10.3. The Morgan fingerprint density at radius 1 is 1.00 bits per heavy atom. The van der Waals surface area contributed by atoms with E-state index in [9.17, 15) is 18.0 Å². The van der Waals surface area contributed by atoms with E-state index < -0.39 is 21.8 Å². The van der Waals surface area contributed by atoms with E-state index in [-0.39, 0.29) is 5.75 Å². The minimum Gasteiger partial charge on any atom is -0.478 e. The molecule has 1 saturated heterocycles. The lowest BCUT2D eigenvalue weighted by Gasteiger charge is -2.14. The van der Waals surface area contributed by atoms with E-state index in [0.717, 1.165) is 13.1 Å². The van der Waals surface area contributed by atoms with Gasteiger partial charge in [0.25, 0.3) is 0 Å². The zero-order valence-electron chi connectivity index (χ0n) is 15.1.